The van der Waals surface area contributed by atoms with Gasteiger partial charge in [0.05, 0.1) is 35.7 Å². The van der Waals surface area contributed by atoms with Gasteiger partial charge in [0.2, 0.25) is 11.8 Å². The van der Waals surface area contributed by atoms with Crippen LogP contribution in [0.25, 0.3) is 33.6 Å². The number of methoxy groups -OCH3 is 2. The van der Waals surface area contributed by atoms with Crippen molar-refractivity contribution in [2.45, 2.75) is 13.1 Å². The van der Waals surface area contributed by atoms with Crippen LogP contribution < -0.4 is 20.1 Å². The zero-order valence-corrected chi connectivity index (χ0v) is 27.7. The minimum atomic E-state index is 0.476. The summed E-state index contributed by atoms with van der Waals surface area (Å²) in [6.45, 7) is 10.6. The molecule has 4 aromatic rings. The fraction of sp³-hybridized carbons (Fsp3) is 0.389. The maximum atomic E-state index is 7.13. The van der Waals surface area contributed by atoms with E-state index < -0.39 is 0 Å². The highest BCUT2D eigenvalue weighted by Crippen LogP contribution is 2.43. The Morgan fingerprint density at radius 3 is 1.35 bits per heavy atom. The predicted octanol–water partition coefficient (Wildman–Crippen LogP) is 5.61. The Bertz CT molecular complexity index is 1660. The molecular formula is C36H38Cl2N6O2. The molecule has 2 aromatic heterocycles. The number of hydrogen-bond acceptors (Lipinski definition) is 8. The van der Waals surface area contributed by atoms with E-state index in [1.165, 1.54) is 0 Å². The summed E-state index contributed by atoms with van der Waals surface area (Å²) in [7, 11) is 3.35. The van der Waals surface area contributed by atoms with E-state index in [0.29, 0.717) is 32.6 Å². The summed E-state index contributed by atoms with van der Waals surface area (Å²) < 4.78 is 11.5. The zero-order valence-electron chi connectivity index (χ0n) is 26.2. The highest BCUT2D eigenvalue weighted by atomic mass is 35.5. The zero-order chi connectivity index (χ0) is 31.5. The van der Waals surface area contributed by atoms with Crippen LogP contribution in [0.2, 0.25) is 10.0 Å². The van der Waals surface area contributed by atoms with Gasteiger partial charge in [0.15, 0.2) is 0 Å². The van der Waals surface area contributed by atoms with E-state index in [2.05, 4.69) is 32.6 Å². The van der Waals surface area contributed by atoms with Crippen molar-refractivity contribution in [3.63, 3.8) is 0 Å². The number of nitrogens with zero attached hydrogens (tertiary/aromatic N) is 4. The number of ether oxygens (including phenoxy) is 2. The van der Waals surface area contributed by atoms with Gasteiger partial charge >= 0.3 is 0 Å². The molecule has 0 unspecified atom stereocenters. The van der Waals surface area contributed by atoms with Gasteiger partial charge in [0.1, 0.15) is 0 Å². The van der Waals surface area contributed by atoms with Crippen molar-refractivity contribution in [1.29, 1.82) is 0 Å². The number of halogens is 2. The van der Waals surface area contributed by atoms with Gasteiger partial charge in [0, 0.05) is 110 Å². The smallest absolute Gasteiger partial charge is 0.218 e. The number of benzene rings is 2. The van der Waals surface area contributed by atoms with Gasteiger partial charge in [0.25, 0.3) is 0 Å². The van der Waals surface area contributed by atoms with E-state index in [1.807, 2.05) is 48.5 Å². The van der Waals surface area contributed by atoms with Crippen LogP contribution in [-0.4, -0.2) is 86.3 Å². The predicted molar refractivity (Wildman–Crippen MR) is 183 cm³/mol. The van der Waals surface area contributed by atoms with Gasteiger partial charge in [-0.2, -0.15) is 0 Å². The van der Waals surface area contributed by atoms with E-state index in [1.54, 1.807) is 14.2 Å². The Kier molecular flexibility index (Phi) is 7.71. The molecule has 4 aliphatic rings. The molecule has 8 rings (SSSR count). The Hall–Kier alpha value is -3.24. The number of rotatable bonds is 9. The number of nitrogens with one attached hydrogen (secondary N) is 2. The molecule has 2 N–H and O–H groups in total. The van der Waals surface area contributed by atoms with Crippen LogP contribution in [0.5, 0.6) is 11.8 Å². The van der Waals surface area contributed by atoms with Crippen LogP contribution in [-0.2, 0) is 13.1 Å². The molecule has 4 saturated heterocycles. The van der Waals surface area contributed by atoms with Gasteiger partial charge in [-0.3, -0.25) is 9.80 Å². The fourth-order valence-electron chi connectivity index (χ4n) is 7.62. The molecule has 0 saturated carbocycles. The third kappa shape index (κ3) is 5.25. The first-order valence-corrected chi connectivity index (χ1v) is 16.7. The Balaban J connectivity index is 1.04. The second-order valence-corrected chi connectivity index (χ2v) is 14.3. The lowest BCUT2D eigenvalue weighted by atomic mass is 9.74. The lowest BCUT2D eigenvalue weighted by Gasteiger charge is -2.56. The van der Waals surface area contributed by atoms with Gasteiger partial charge in [-0.05, 0) is 12.1 Å². The van der Waals surface area contributed by atoms with Crippen LogP contribution in [0.3, 0.4) is 0 Å². The van der Waals surface area contributed by atoms with Crippen molar-refractivity contribution in [3.05, 3.63) is 81.8 Å². The van der Waals surface area contributed by atoms with Crippen molar-refractivity contribution >= 4 is 23.2 Å². The third-order valence-electron chi connectivity index (χ3n) is 10.1. The van der Waals surface area contributed by atoms with Crippen molar-refractivity contribution in [1.82, 2.24) is 30.4 Å². The summed E-state index contributed by atoms with van der Waals surface area (Å²) in [6.07, 6.45) is 0. The average molecular weight is 658 g/mol. The summed E-state index contributed by atoms with van der Waals surface area (Å²) >= 11 is 14.3. The second kappa shape index (κ2) is 11.8. The summed E-state index contributed by atoms with van der Waals surface area (Å²) in [5, 5.41) is 7.96. The molecule has 10 heteroatoms. The maximum Gasteiger partial charge on any atom is 0.218 e. The Morgan fingerprint density at radius 2 is 1.00 bits per heavy atom. The lowest BCUT2D eigenvalue weighted by Crippen LogP contribution is -2.70. The van der Waals surface area contributed by atoms with E-state index in [0.717, 1.165) is 110 Å². The Morgan fingerprint density at radius 1 is 0.609 bits per heavy atom. The molecule has 0 atom stereocenters. The molecule has 238 valence electrons. The van der Waals surface area contributed by atoms with Crippen LogP contribution >= 0.6 is 23.2 Å². The minimum absolute atomic E-state index is 0.476. The Labute approximate surface area is 280 Å². The first-order valence-electron chi connectivity index (χ1n) is 15.9. The average Bonchev–Trinajstić information content (AvgIpc) is 2.99. The number of likely N-dealkylation sites (tertiary alicyclic amines) is 2. The lowest BCUT2D eigenvalue weighted by molar-refractivity contribution is -0.0448. The highest BCUT2D eigenvalue weighted by molar-refractivity contribution is 6.39. The number of pyridine rings is 2. The molecule has 6 heterocycles. The van der Waals surface area contributed by atoms with E-state index >= 15 is 0 Å². The first-order chi connectivity index (χ1) is 22.4. The highest BCUT2D eigenvalue weighted by Gasteiger charge is 2.48. The van der Waals surface area contributed by atoms with E-state index in [4.69, 9.17) is 42.6 Å². The topological polar surface area (TPSA) is 74.8 Å². The van der Waals surface area contributed by atoms with Gasteiger partial charge < -0.3 is 20.1 Å². The monoisotopic (exact) mass is 656 g/mol. The van der Waals surface area contributed by atoms with Crippen LogP contribution in [0.15, 0.2) is 60.7 Å². The molecule has 46 heavy (non-hydrogen) atoms. The van der Waals surface area contributed by atoms with Gasteiger partial charge in [-0.1, -0.05) is 71.7 Å². The van der Waals surface area contributed by atoms with Crippen LogP contribution in [0.1, 0.15) is 11.1 Å². The molecular weight excluding hydrogens is 619 g/mol. The SMILES string of the molecule is COc1nc(-c2cccc(-c3cccc(-c4ccc(CN5CC6(CNC6)C5)c(OC)n4)c3Cl)c2Cl)ccc1CN1CC2(CNC2)C1. The number of aromatic nitrogens is 2. The van der Waals surface area contributed by atoms with Crippen LogP contribution in [0, 0.1) is 10.8 Å². The maximum absolute atomic E-state index is 7.13. The molecule has 4 aliphatic heterocycles. The van der Waals surface area contributed by atoms with Crippen molar-refractivity contribution in [2.24, 2.45) is 10.8 Å². The molecule has 8 nitrogen and oxygen atoms in total. The third-order valence-corrected chi connectivity index (χ3v) is 10.9. The molecule has 0 aliphatic carbocycles. The van der Waals surface area contributed by atoms with E-state index in [-0.39, 0.29) is 0 Å². The van der Waals surface area contributed by atoms with E-state index in [9.17, 15) is 0 Å². The van der Waals surface area contributed by atoms with Crippen molar-refractivity contribution < 1.29 is 9.47 Å². The molecule has 4 fully saturated rings. The van der Waals surface area contributed by atoms with Gasteiger partial charge in [-0.25, -0.2) is 9.97 Å². The van der Waals surface area contributed by atoms with Crippen LogP contribution in [0.4, 0.5) is 0 Å². The quantitative estimate of drug-likeness (QED) is 0.241. The summed E-state index contributed by atoms with van der Waals surface area (Å²) in [5.41, 5.74) is 7.93. The van der Waals surface area contributed by atoms with Crippen molar-refractivity contribution in [3.8, 4) is 45.4 Å². The molecule has 0 amide bonds. The molecule has 2 spiro atoms. The summed E-state index contributed by atoms with van der Waals surface area (Å²) in [5.74, 6) is 1.26. The standard InChI is InChI=1S/C36H38Cl2N6O2/c1-45-33-23(13-43-19-35(20-43)15-39-16-35)9-11-29(41-33)27-7-3-5-25(31(27)37)26-6-4-8-28(32(26)38)30-12-10-24(34(42-30)46-2)14-44-21-36(22-44)17-40-18-36/h3-12,39-40H,13-22H2,1-2H3. The summed E-state index contributed by atoms with van der Waals surface area (Å²) in [6, 6.07) is 20.2. The molecule has 2 aromatic carbocycles. The van der Waals surface area contributed by atoms with Gasteiger partial charge in [-0.15, -0.1) is 0 Å². The largest absolute Gasteiger partial charge is 0.481 e. The normalized spacial score (nSPS) is 19.7. The fourth-order valence-corrected chi connectivity index (χ4v) is 8.27. The first kappa shape index (κ1) is 30.1. The molecule has 0 radical (unpaired) electrons. The number of hydrogen-bond donors (Lipinski definition) is 2. The second-order valence-electron chi connectivity index (χ2n) is 13.6. The minimum Gasteiger partial charge on any atom is -0.481 e. The summed E-state index contributed by atoms with van der Waals surface area (Å²) in [4.78, 5) is 14.7. The van der Waals surface area contributed by atoms with Crippen molar-refractivity contribution in [2.75, 3.05) is 66.6 Å². The molecule has 0 bridgehead atoms.